The van der Waals surface area contributed by atoms with E-state index in [0.29, 0.717) is 21.9 Å². The van der Waals surface area contributed by atoms with Crippen LogP contribution >= 0.6 is 0 Å². The van der Waals surface area contributed by atoms with E-state index in [1.54, 1.807) is 48.5 Å². The Kier molecular flexibility index (Phi) is 5.45. The molecule has 3 aromatic carbocycles. The first-order valence-electron chi connectivity index (χ1n) is 9.80. The molecule has 0 spiro atoms. The molecule has 0 radical (unpaired) electrons. The summed E-state index contributed by atoms with van der Waals surface area (Å²) in [5.74, 6) is -1.13. The number of fused-ring (bicyclic) bond motifs is 1. The molecular weight excluding hydrogens is 392 g/mol. The van der Waals surface area contributed by atoms with Crippen LogP contribution in [-0.4, -0.2) is 21.9 Å². The van der Waals surface area contributed by atoms with Gasteiger partial charge in [-0.1, -0.05) is 77.9 Å². The number of ether oxygens (including phenoxy) is 1. The molecule has 0 unspecified atom stereocenters. The highest BCUT2D eigenvalue weighted by Gasteiger charge is 2.28. The monoisotopic (exact) mass is 412 g/mol. The fourth-order valence-corrected chi connectivity index (χ4v) is 3.32. The number of aromatic amines is 1. The van der Waals surface area contributed by atoms with Gasteiger partial charge in [0.05, 0.1) is 5.39 Å². The molecule has 31 heavy (non-hydrogen) atoms. The highest BCUT2D eigenvalue weighted by Crippen LogP contribution is 2.25. The molecule has 0 saturated heterocycles. The van der Waals surface area contributed by atoms with Gasteiger partial charge in [0.15, 0.2) is 11.8 Å². The summed E-state index contributed by atoms with van der Waals surface area (Å²) in [6, 6.07) is 20.9. The molecule has 0 aliphatic heterocycles. The minimum atomic E-state index is -1.15. The van der Waals surface area contributed by atoms with Crippen LogP contribution in [0.25, 0.3) is 10.8 Å². The minimum Gasteiger partial charge on any atom is -0.444 e. The van der Waals surface area contributed by atoms with Gasteiger partial charge < -0.3 is 4.74 Å². The SMILES string of the molecule is Cc1ccc(C(=O)[C@@H](OC(=O)c2n[nH]c(=O)c3ccccc23)c2ccc(C)cc2)cc1. The van der Waals surface area contributed by atoms with Crippen LogP contribution < -0.4 is 5.56 Å². The zero-order valence-corrected chi connectivity index (χ0v) is 17.1. The van der Waals surface area contributed by atoms with Crippen molar-refractivity contribution < 1.29 is 14.3 Å². The lowest BCUT2D eigenvalue weighted by Gasteiger charge is -2.18. The number of rotatable bonds is 5. The summed E-state index contributed by atoms with van der Waals surface area (Å²) in [5.41, 5.74) is 2.57. The maximum Gasteiger partial charge on any atom is 0.360 e. The van der Waals surface area contributed by atoms with Crippen molar-refractivity contribution in [1.29, 1.82) is 0 Å². The van der Waals surface area contributed by atoms with E-state index in [1.807, 2.05) is 38.1 Å². The number of hydrogen-bond donors (Lipinski definition) is 1. The minimum absolute atomic E-state index is 0.0518. The van der Waals surface area contributed by atoms with Crippen LogP contribution in [0, 0.1) is 13.8 Å². The van der Waals surface area contributed by atoms with Crippen molar-refractivity contribution in [2.24, 2.45) is 0 Å². The molecule has 0 saturated carbocycles. The second-order valence-electron chi connectivity index (χ2n) is 7.37. The van der Waals surface area contributed by atoms with Crippen LogP contribution in [0.1, 0.15) is 43.6 Å². The van der Waals surface area contributed by atoms with Crippen molar-refractivity contribution in [3.63, 3.8) is 0 Å². The van der Waals surface area contributed by atoms with E-state index in [9.17, 15) is 14.4 Å². The molecule has 1 heterocycles. The molecule has 0 bridgehead atoms. The standard InChI is InChI=1S/C25H20N2O4/c1-15-7-11-17(12-8-15)22(28)23(18-13-9-16(2)10-14-18)31-25(30)21-19-5-3-4-6-20(19)24(29)27-26-21/h3-14,23H,1-2H3,(H,27,29)/t23-/m0/s1. The topological polar surface area (TPSA) is 89.1 Å². The summed E-state index contributed by atoms with van der Waals surface area (Å²) < 4.78 is 5.68. The summed E-state index contributed by atoms with van der Waals surface area (Å²) >= 11 is 0. The summed E-state index contributed by atoms with van der Waals surface area (Å²) in [6.45, 7) is 3.86. The Bertz CT molecular complexity index is 1320. The number of Topliss-reactive ketones (excluding diaryl/α,β-unsaturated/α-hetero) is 1. The third-order valence-corrected chi connectivity index (χ3v) is 5.07. The van der Waals surface area contributed by atoms with Crippen molar-refractivity contribution in [3.05, 3.63) is 111 Å². The van der Waals surface area contributed by atoms with Gasteiger partial charge in [-0.15, -0.1) is 0 Å². The van der Waals surface area contributed by atoms with Gasteiger partial charge in [0.2, 0.25) is 5.78 Å². The zero-order chi connectivity index (χ0) is 22.0. The fourth-order valence-electron chi connectivity index (χ4n) is 3.32. The molecule has 0 amide bonds. The van der Waals surface area contributed by atoms with Gasteiger partial charge in [0.1, 0.15) is 0 Å². The number of aryl methyl sites for hydroxylation is 2. The third-order valence-electron chi connectivity index (χ3n) is 5.07. The number of H-pyrrole nitrogens is 1. The molecule has 1 atom stereocenters. The van der Waals surface area contributed by atoms with Crippen LogP contribution in [0.5, 0.6) is 0 Å². The first-order valence-corrected chi connectivity index (χ1v) is 9.80. The molecule has 154 valence electrons. The smallest absolute Gasteiger partial charge is 0.360 e. The number of aromatic nitrogens is 2. The average molecular weight is 412 g/mol. The van der Waals surface area contributed by atoms with Crippen molar-refractivity contribution in [3.8, 4) is 0 Å². The average Bonchev–Trinajstić information content (AvgIpc) is 2.78. The number of hydrogen-bond acceptors (Lipinski definition) is 5. The van der Waals surface area contributed by atoms with E-state index in [0.717, 1.165) is 11.1 Å². The Labute approximate surface area is 178 Å². The number of benzene rings is 3. The van der Waals surface area contributed by atoms with E-state index in [2.05, 4.69) is 10.2 Å². The summed E-state index contributed by atoms with van der Waals surface area (Å²) in [5, 5.41) is 6.89. The first kappa shape index (κ1) is 20.2. The van der Waals surface area contributed by atoms with Gasteiger partial charge in [-0.25, -0.2) is 9.89 Å². The number of nitrogens with one attached hydrogen (secondary N) is 1. The van der Waals surface area contributed by atoms with Crippen molar-refractivity contribution in [1.82, 2.24) is 10.2 Å². The molecule has 0 aliphatic rings. The molecule has 0 fully saturated rings. The highest BCUT2D eigenvalue weighted by atomic mass is 16.5. The van der Waals surface area contributed by atoms with Crippen LogP contribution in [0.3, 0.4) is 0 Å². The Morgan fingerprint density at radius 1 is 0.839 bits per heavy atom. The Morgan fingerprint density at radius 3 is 2.06 bits per heavy atom. The van der Waals surface area contributed by atoms with E-state index < -0.39 is 17.6 Å². The lowest BCUT2D eigenvalue weighted by atomic mass is 9.98. The molecule has 1 aromatic heterocycles. The lowest BCUT2D eigenvalue weighted by Crippen LogP contribution is -2.22. The number of ketones is 1. The normalized spacial score (nSPS) is 11.8. The van der Waals surface area contributed by atoms with Crippen LogP contribution in [0.2, 0.25) is 0 Å². The van der Waals surface area contributed by atoms with Gasteiger partial charge in [0, 0.05) is 16.5 Å². The van der Waals surface area contributed by atoms with Crippen molar-refractivity contribution >= 4 is 22.5 Å². The van der Waals surface area contributed by atoms with Crippen molar-refractivity contribution in [2.45, 2.75) is 20.0 Å². The zero-order valence-electron chi connectivity index (χ0n) is 17.1. The predicted molar refractivity (Wildman–Crippen MR) is 117 cm³/mol. The fraction of sp³-hybridized carbons (Fsp3) is 0.120. The second-order valence-corrected chi connectivity index (χ2v) is 7.37. The molecule has 4 aromatic rings. The van der Waals surface area contributed by atoms with Gasteiger partial charge in [-0.3, -0.25) is 9.59 Å². The van der Waals surface area contributed by atoms with Crippen LogP contribution in [0.15, 0.2) is 77.6 Å². The summed E-state index contributed by atoms with van der Waals surface area (Å²) in [6.07, 6.45) is -1.15. The molecular formula is C25H20N2O4. The van der Waals surface area contributed by atoms with Gasteiger partial charge in [0.25, 0.3) is 5.56 Å². The maximum absolute atomic E-state index is 13.3. The van der Waals surface area contributed by atoms with Gasteiger partial charge in [-0.05, 0) is 19.9 Å². The van der Waals surface area contributed by atoms with E-state index >= 15 is 0 Å². The number of carbonyl (C=O) groups is 2. The summed E-state index contributed by atoms with van der Waals surface area (Å²) in [4.78, 5) is 38.3. The molecule has 1 N–H and O–H groups in total. The first-order chi connectivity index (χ1) is 14.9. The summed E-state index contributed by atoms with van der Waals surface area (Å²) in [7, 11) is 0. The second kappa shape index (κ2) is 8.36. The predicted octanol–water partition coefficient (Wildman–Crippen LogP) is 4.32. The molecule has 6 nitrogen and oxygen atoms in total. The Hall–Kier alpha value is -4.06. The number of nitrogens with zero attached hydrogens (tertiary/aromatic N) is 1. The largest absolute Gasteiger partial charge is 0.444 e. The lowest BCUT2D eigenvalue weighted by molar-refractivity contribution is 0.0275. The maximum atomic E-state index is 13.3. The Morgan fingerprint density at radius 2 is 1.42 bits per heavy atom. The van der Waals surface area contributed by atoms with Crippen LogP contribution in [0.4, 0.5) is 0 Å². The quantitative estimate of drug-likeness (QED) is 0.389. The van der Waals surface area contributed by atoms with E-state index in [1.165, 1.54) is 0 Å². The number of esters is 1. The Balaban J connectivity index is 1.74. The van der Waals surface area contributed by atoms with E-state index in [4.69, 9.17) is 4.74 Å². The molecule has 4 rings (SSSR count). The van der Waals surface area contributed by atoms with Crippen molar-refractivity contribution in [2.75, 3.05) is 0 Å². The van der Waals surface area contributed by atoms with E-state index in [-0.39, 0.29) is 11.5 Å². The highest BCUT2D eigenvalue weighted by molar-refractivity contribution is 6.05. The van der Waals surface area contributed by atoms with Gasteiger partial charge in [-0.2, -0.15) is 5.10 Å². The molecule has 6 heteroatoms. The van der Waals surface area contributed by atoms with Crippen LogP contribution in [-0.2, 0) is 4.74 Å². The molecule has 0 aliphatic carbocycles. The number of carbonyl (C=O) groups excluding carboxylic acids is 2. The van der Waals surface area contributed by atoms with Gasteiger partial charge >= 0.3 is 5.97 Å². The third kappa shape index (κ3) is 4.14.